The first-order valence-electron chi connectivity index (χ1n) is 7.58. The molecule has 1 N–H and O–H groups in total. The highest BCUT2D eigenvalue weighted by atomic mass is 16.5. The highest BCUT2D eigenvalue weighted by Gasteiger charge is 2.08. The number of nitrogens with zero attached hydrogens (tertiary/aromatic N) is 2. The first kappa shape index (κ1) is 16.7. The summed E-state index contributed by atoms with van der Waals surface area (Å²) in [6.45, 7) is 6.23. The SMILES string of the molecule is CCOc1ccc(-c2cc(=O)n(CC(=O)NC(C)C)cn2)cc1. The Morgan fingerprint density at radius 1 is 1.30 bits per heavy atom. The van der Waals surface area contributed by atoms with E-state index in [2.05, 4.69) is 10.3 Å². The molecule has 0 saturated heterocycles. The second-order valence-corrected chi connectivity index (χ2v) is 5.42. The topological polar surface area (TPSA) is 73.2 Å². The zero-order valence-electron chi connectivity index (χ0n) is 13.6. The average Bonchev–Trinajstić information content (AvgIpc) is 2.50. The number of carbonyl (C=O) groups is 1. The van der Waals surface area contributed by atoms with E-state index in [1.807, 2.05) is 45.0 Å². The predicted octanol–water partition coefficient (Wildman–Crippen LogP) is 1.83. The number of ether oxygens (including phenoxy) is 1. The van der Waals surface area contributed by atoms with Crippen molar-refractivity contribution in [1.82, 2.24) is 14.9 Å². The summed E-state index contributed by atoms with van der Waals surface area (Å²) in [4.78, 5) is 28.1. The number of rotatable bonds is 6. The Labute approximate surface area is 135 Å². The summed E-state index contributed by atoms with van der Waals surface area (Å²) in [6.07, 6.45) is 1.40. The molecule has 122 valence electrons. The third-order valence-corrected chi connectivity index (χ3v) is 3.10. The largest absolute Gasteiger partial charge is 0.494 e. The van der Waals surface area contributed by atoms with Crippen LogP contribution in [0.5, 0.6) is 5.75 Å². The molecule has 0 aliphatic rings. The Morgan fingerprint density at radius 2 is 2.00 bits per heavy atom. The lowest BCUT2D eigenvalue weighted by atomic mass is 10.1. The highest BCUT2D eigenvalue weighted by Crippen LogP contribution is 2.19. The summed E-state index contributed by atoms with van der Waals surface area (Å²) < 4.78 is 6.67. The first-order valence-corrected chi connectivity index (χ1v) is 7.58. The molecule has 0 fully saturated rings. The van der Waals surface area contributed by atoms with E-state index in [1.54, 1.807) is 0 Å². The van der Waals surface area contributed by atoms with Gasteiger partial charge in [0, 0.05) is 17.7 Å². The van der Waals surface area contributed by atoms with E-state index in [4.69, 9.17) is 4.74 Å². The molecule has 0 unspecified atom stereocenters. The molecule has 0 spiro atoms. The molecule has 0 aliphatic carbocycles. The molecule has 0 aliphatic heterocycles. The third-order valence-electron chi connectivity index (χ3n) is 3.10. The van der Waals surface area contributed by atoms with Crippen LogP contribution in [0.25, 0.3) is 11.3 Å². The lowest BCUT2D eigenvalue weighted by Gasteiger charge is -2.10. The maximum atomic E-state index is 12.1. The average molecular weight is 315 g/mol. The van der Waals surface area contributed by atoms with Crippen LogP contribution in [0, 0.1) is 0 Å². The molecule has 1 amide bonds. The minimum absolute atomic E-state index is 0.0342. The Balaban J connectivity index is 2.15. The molecule has 23 heavy (non-hydrogen) atoms. The number of amides is 1. The van der Waals surface area contributed by atoms with E-state index >= 15 is 0 Å². The van der Waals surface area contributed by atoms with E-state index in [0.717, 1.165) is 11.3 Å². The number of aromatic nitrogens is 2. The monoisotopic (exact) mass is 315 g/mol. The van der Waals surface area contributed by atoms with Crippen LogP contribution < -0.4 is 15.6 Å². The fourth-order valence-corrected chi connectivity index (χ4v) is 2.11. The van der Waals surface area contributed by atoms with Crippen LogP contribution in [0.2, 0.25) is 0 Å². The van der Waals surface area contributed by atoms with Crippen LogP contribution in [0.1, 0.15) is 20.8 Å². The molecule has 1 aromatic heterocycles. The molecule has 6 heteroatoms. The van der Waals surface area contributed by atoms with Gasteiger partial charge in [0.1, 0.15) is 12.3 Å². The second-order valence-electron chi connectivity index (χ2n) is 5.42. The minimum atomic E-state index is -0.261. The summed E-state index contributed by atoms with van der Waals surface area (Å²) in [5.74, 6) is 0.563. The zero-order chi connectivity index (χ0) is 16.8. The second kappa shape index (κ2) is 7.58. The van der Waals surface area contributed by atoms with Gasteiger partial charge in [-0.15, -0.1) is 0 Å². The van der Waals surface area contributed by atoms with Crippen molar-refractivity contribution in [3.8, 4) is 17.0 Å². The van der Waals surface area contributed by atoms with Gasteiger partial charge < -0.3 is 10.1 Å². The molecule has 0 bridgehead atoms. The fourth-order valence-electron chi connectivity index (χ4n) is 2.11. The van der Waals surface area contributed by atoms with Gasteiger partial charge in [0.2, 0.25) is 5.91 Å². The van der Waals surface area contributed by atoms with Gasteiger partial charge in [-0.05, 0) is 45.0 Å². The minimum Gasteiger partial charge on any atom is -0.494 e. The number of carbonyl (C=O) groups excluding carboxylic acids is 1. The standard InChI is InChI=1S/C17H21N3O3/c1-4-23-14-7-5-13(6-8-14)15-9-17(22)20(11-18-15)10-16(21)19-12(2)3/h5-9,11-12H,4,10H2,1-3H3,(H,19,21). The smallest absolute Gasteiger partial charge is 0.254 e. The van der Waals surface area contributed by atoms with Crippen LogP contribution in [0.15, 0.2) is 41.5 Å². The zero-order valence-corrected chi connectivity index (χ0v) is 13.6. The molecule has 6 nitrogen and oxygen atoms in total. The Morgan fingerprint density at radius 3 is 2.57 bits per heavy atom. The molecule has 2 aromatic rings. The van der Waals surface area contributed by atoms with Crippen LogP contribution >= 0.6 is 0 Å². The maximum absolute atomic E-state index is 12.1. The van der Waals surface area contributed by atoms with Crippen molar-refractivity contribution in [2.75, 3.05) is 6.61 Å². The lowest BCUT2D eigenvalue weighted by Crippen LogP contribution is -2.35. The van der Waals surface area contributed by atoms with Gasteiger partial charge in [-0.1, -0.05) is 0 Å². The van der Waals surface area contributed by atoms with E-state index in [9.17, 15) is 9.59 Å². The van der Waals surface area contributed by atoms with Crippen molar-refractivity contribution < 1.29 is 9.53 Å². The van der Waals surface area contributed by atoms with Crippen molar-refractivity contribution in [1.29, 1.82) is 0 Å². The van der Waals surface area contributed by atoms with Gasteiger partial charge in [-0.3, -0.25) is 14.2 Å². The lowest BCUT2D eigenvalue weighted by molar-refractivity contribution is -0.122. The number of hydrogen-bond acceptors (Lipinski definition) is 4. The summed E-state index contributed by atoms with van der Waals surface area (Å²) in [6, 6.07) is 8.84. The van der Waals surface area contributed by atoms with E-state index in [-0.39, 0.29) is 24.1 Å². The van der Waals surface area contributed by atoms with Crippen molar-refractivity contribution in [3.05, 3.63) is 47.0 Å². The number of nitrogens with one attached hydrogen (secondary N) is 1. The summed E-state index contributed by atoms with van der Waals surface area (Å²) in [5.41, 5.74) is 1.13. The third kappa shape index (κ3) is 4.67. The molecule has 0 atom stereocenters. The molecule has 2 rings (SSSR count). The van der Waals surface area contributed by atoms with E-state index < -0.39 is 0 Å². The normalized spacial score (nSPS) is 10.6. The summed E-state index contributed by atoms with van der Waals surface area (Å²) in [7, 11) is 0. The van der Waals surface area contributed by atoms with Crippen molar-refractivity contribution >= 4 is 5.91 Å². The molecule has 1 aromatic carbocycles. The van der Waals surface area contributed by atoms with Crippen molar-refractivity contribution in [3.63, 3.8) is 0 Å². The quantitative estimate of drug-likeness (QED) is 0.882. The number of hydrogen-bond donors (Lipinski definition) is 1. The Bertz CT molecular complexity index is 721. The van der Waals surface area contributed by atoms with Crippen LogP contribution in [-0.2, 0) is 11.3 Å². The Kier molecular flexibility index (Phi) is 5.51. The van der Waals surface area contributed by atoms with E-state index in [1.165, 1.54) is 17.0 Å². The first-order chi connectivity index (χ1) is 11.0. The fraction of sp³-hybridized carbons (Fsp3) is 0.353. The van der Waals surface area contributed by atoms with Crippen molar-refractivity contribution in [2.45, 2.75) is 33.4 Å². The summed E-state index contributed by atoms with van der Waals surface area (Å²) >= 11 is 0. The predicted molar refractivity (Wildman–Crippen MR) is 88.4 cm³/mol. The van der Waals surface area contributed by atoms with Crippen molar-refractivity contribution in [2.24, 2.45) is 0 Å². The maximum Gasteiger partial charge on any atom is 0.254 e. The van der Waals surface area contributed by atoms with Gasteiger partial charge in [-0.25, -0.2) is 4.98 Å². The van der Waals surface area contributed by atoms with Gasteiger partial charge in [0.05, 0.1) is 18.6 Å². The molecule has 0 radical (unpaired) electrons. The summed E-state index contributed by atoms with van der Waals surface area (Å²) in [5, 5.41) is 2.74. The number of benzene rings is 1. The van der Waals surface area contributed by atoms with Crippen LogP contribution in [0.4, 0.5) is 0 Å². The molecular formula is C17H21N3O3. The molecule has 1 heterocycles. The Hall–Kier alpha value is -2.63. The highest BCUT2D eigenvalue weighted by molar-refractivity contribution is 5.76. The van der Waals surface area contributed by atoms with Crippen LogP contribution in [0.3, 0.4) is 0 Å². The van der Waals surface area contributed by atoms with Gasteiger partial charge in [-0.2, -0.15) is 0 Å². The van der Waals surface area contributed by atoms with Gasteiger partial charge in [0.25, 0.3) is 5.56 Å². The van der Waals surface area contributed by atoms with E-state index in [0.29, 0.717) is 12.3 Å². The molecule has 0 saturated carbocycles. The van der Waals surface area contributed by atoms with Gasteiger partial charge >= 0.3 is 0 Å². The molecular weight excluding hydrogens is 294 g/mol. The van der Waals surface area contributed by atoms with Gasteiger partial charge in [0.15, 0.2) is 0 Å². The van der Waals surface area contributed by atoms with Crippen LogP contribution in [-0.4, -0.2) is 28.1 Å².